The molecule has 0 spiro atoms. The van der Waals surface area contributed by atoms with Gasteiger partial charge in [0.05, 0.1) is 28.5 Å². The smallest absolute Gasteiger partial charge is 0.234 e. The number of primary amides is 1. The van der Waals surface area contributed by atoms with Crippen LogP contribution in [-0.2, 0) is 16.9 Å². The van der Waals surface area contributed by atoms with Gasteiger partial charge in [-0.1, -0.05) is 91.0 Å². The fourth-order valence-electron chi connectivity index (χ4n) is 7.31. The van der Waals surface area contributed by atoms with E-state index in [1.165, 1.54) is 4.88 Å². The fraction of sp³-hybridized carbons (Fsp3) is 0.175. The monoisotopic (exact) mass is 648 g/mol. The van der Waals surface area contributed by atoms with Crippen LogP contribution in [0.5, 0.6) is 0 Å². The molecule has 1 atom stereocenters. The summed E-state index contributed by atoms with van der Waals surface area (Å²) in [7, 11) is 0. The van der Waals surface area contributed by atoms with Crippen molar-refractivity contribution in [2.75, 3.05) is 6.54 Å². The highest BCUT2D eigenvalue weighted by atomic mass is 32.1. The molecule has 8 rings (SSSR count). The first kappa shape index (κ1) is 30.1. The number of nitrogens with zero attached hydrogens (tertiary/aromatic N) is 5. The molecule has 4 aromatic heterocycles. The second-order valence-corrected chi connectivity index (χ2v) is 13.6. The van der Waals surface area contributed by atoms with Crippen LogP contribution in [0.4, 0.5) is 0 Å². The Kier molecular flexibility index (Phi) is 7.75. The number of carbonyl (C=O) groups excluding carboxylic acids is 1. The standard InChI is InChI=1S/C40H36N6OS/c1-28-34(27-46(43-28)40(30-12-5-2-6-13-30,31-14-7-3-8-15-31)32-16-9-4-10-17-32)29-19-22-38-42-24-36(45(38)25-29)37-21-20-33(48-37)26-44-23-11-18-35(44)39(41)47/h2-10,12-17,19-22,24-25,27,35H,11,18,23,26H2,1H3,(H2,41,47)/t35-/m0/s1. The minimum absolute atomic E-state index is 0.178. The van der Waals surface area contributed by atoms with Gasteiger partial charge >= 0.3 is 0 Å². The maximum atomic E-state index is 12.0. The van der Waals surface area contributed by atoms with Gasteiger partial charge in [-0.25, -0.2) is 4.98 Å². The number of hydrogen-bond donors (Lipinski definition) is 1. The Labute approximate surface area is 283 Å². The summed E-state index contributed by atoms with van der Waals surface area (Å²) in [5.74, 6) is -0.231. The van der Waals surface area contributed by atoms with Gasteiger partial charge in [0, 0.05) is 34.9 Å². The molecule has 0 bridgehead atoms. The lowest BCUT2D eigenvalue weighted by Crippen LogP contribution is -2.39. The fourth-order valence-corrected chi connectivity index (χ4v) is 8.35. The number of amides is 1. The van der Waals surface area contributed by atoms with E-state index in [2.05, 4.69) is 149 Å². The van der Waals surface area contributed by atoms with Gasteiger partial charge in [0.2, 0.25) is 5.91 Å². The lowest BCUT2D eigenvalue weighted by Gasteiger charge is -2.36. The quantitative estimate of drug-likeness (QED) is 0.164. The van der Waals surface area contributed by atoms with Gasteiger partial charge in [-0.3, -0.25) is 18.8 Å². The first-order chi connectivity index (χ1) is 23.5. The molecule has 0 saturated carbocycles. The third kappa shape index (κ3) is 5.14. The van der Waals surface area contributed by atoms with E-state index >= 15 is 0 Å². The molecule has 8 heteroatoms. The van der Waals surface area contributed by atoms with Gasteiger partial charge in [0.25, 0.3) is 0 Å². The summed E-state index contributed by atoms with van der Waals surface area (Å²) in [6.45, 7) is 3.71. The summed E-state index contributed by atoms with van der Waals surface area (Å²) in [5, 5.41) is 5.26. The second kappa shape index (κ2) is 12.4. The third-order valence-electron chi connectivity index (χ3n) is 9.60. The summed E-state index contributed by atoms with van der Waals surface area (Å²) in [6.07, 6.45) is 8.14. The summed E-state index contributed by atoms with van der Waals surface area (Å²) in [6, 6.07) is 40.2. The molecule has 0 unspecified atom stereocenters. The molecule has 0 aliphatic carbocycles. The number of aromatic nitrogens is 4. The normalized spacial score (nSPS) is 15.3. The highest BCUT2D eigenvalue weighted by Crippen LogP contribution is 2.42. The van der Waals surface area contributed by atoms with E-state index in [1.807, 2.05) is 6.20 Å². The minimum Gasteiger partial charge on any atom is -0.368 e. The maximum Gasteiger partial charge on any atom is 0.234 e. The van der Waals surface area contributed by atoms with Crippen LogP contribution in [0.2, 0.25) is 0 Å². The maximum absolute atomic E-state index is 12.0. The van der Waals surface area contributed by atoms with Crippen molar-refractivity contribution in [3.63, 3.8) is 0 Å². The molecule has 3 aromatic carbocycles. The molecule has 7 nitrogen and oxygen atoms in total. The first-order valence-corrected chi connectivity index (χ1v) is 17.2. The van der Waals surface area contributed by atoms with E-state index in [0.29, 0.717) is 0 Å². The number of aryl methyl sites for hydroxylation is 1. The van der Waals surface area contributed by atoms with Gasteiger partial charge in [0.1, 0.15) is 11.2 Å². The van der Waals surface area contributed by atoms with Crippen molar-refractivity contribution in [2.45, 2.75) is 37.9 Å². The molecular formula is C40H36N6OS. The Hall–Kier alpha value is -5.31. The molecule has 1 aliphatic rings. The number of carbonyl (C=O) groups is 1. The number of likely N-dealkylation sites (tertiary alicyclic amines) is 1. The lowest BCUT2D eigenvalue weighted by atomic mass is 9.77. The van der Waals surface area contributed by atoms with E-state index in [9.17, 15) is 4.79 Å². The molecule has 0 radical (unpaired) electrons. The predicted octanol–water partition coefficient (Wildman–Crippen LogP) is 7.52. The van der Waals surface area contributed by atoms with Crippen molar-refractivity contribution in [3.8, 4) is 21.7 Å². The van der Waals surface area contributed by atoms with E-state index in [4.69, 9.17) is 15.8 Å². The van der Waals surface area contributed by atoms with Gasteiger partial charge in [-0.15, -0.1) is 11.3 Å². The summed E-state index contributed by atoms with van der Waals surface area (Å²) >= 11 is 1.74. The molecule has 238 valence electrons. The molecule has 7 aromatic rings. The molecular weight excluding hydrogens is 613 g/mol. The Balaban J connectivity index is 1.21. The zero-order valence-corrected chi connectivity index (χ0v) is 27.6. The van der Waals surface area contributed by atoms with Crippen molar-refractivity contribution in [1.82, 2.24) is 24.1 Å². The largest absolute Gasteiger partial charge is 0.368 e. The van der Waals surface area contributed by atoms with Crippen LogP contribution in [0.25, 0.3) is 27.3 Å². The lowest BCUT2D eigenvalue weighted by molar-refractivity contribution is -0.122. The van der Waals surface area contributed by atoms with Crippen molar-refractivity contribution < 1.29 is 4.79 Å². The van der Waals surface area contributed by atoms with Crippen LogP contribution in [0.1, 0.15) is 40.1 Å². The predicted molar refractivity (Wildman–Crippen MR) is 192 cm³/mol. The number of pyridine rings is 1. The zero-order chi connectivity index (χ0) is 32.7. The molecule has 48 heavy (non-hydrogen) atoms. The van der Waals surface area contributed by atoms with E-state index in [-0.39, 0.29) is 11.9 Å². The zero-order valence-electron chi connectivity index (χ0n) is 26.7. The highest BCUT2D eigenvalue weighted by molar-refractivity contribution is 7.15. The van der Waals surface area contributed by atoms with E-state index < -0.39 is 5.54 Å². The SMILES string of the molecule is Cc1nn(C(c2ccccc2)(c2ccccc2)c2ccccc2)cc1-c1ccc2ncc(-c3ccc(CN4CCC[C@H]4C(N)=O)s3)n2c1. The number of imidazole rings is 1. The van der Waals surface area contributed by atoms with Crippen LogP contribution in [0, 0.1) is 6.92 Å². The molecule has 1 fully saturated rings. The average molecular weight is 649 g/mol. The minimum atomic E-state index is -0.687. The van der Waals surface area contributed by atoms with Crippen molar-refractivity contribution >= 4 is 22.9 Å². The van der Waals surface area contributed by atoms with Crippen LogP contribution < -0.4 is 5.73 Å². The first-order valence-electron chi connectivity index (χ1n) is 16.4. The van der Waals surface area contributed by atoms with Gasteiger partial charge in [0.15, 0.2) is 0 Å². The van der Waals surface area contributed by atoms with E-state index in [1.54, 1.807) is 11.3 Å². The topological polar surface area (TPSA) is 81.4 Å². The highest BCUT2D eigenvalue weighted by Gasteiger charge is 2.39. The molecule has 2 N–H and O–H groups in total. The van der Waals surface area contributed by atoms with Crippen LogP contribution in [0.3, 0.4) is 0 Å². The average Bonchev–Trinajstić information content (AvgIpc) is 3.94. The Morgan fingerprint density at radius 3 is 2.12 bits per heavy atom. The van der Waals surface area contributed by atoms with Crippen molar-refractivity contribution in [3.05, 3.63) is 161 Å². The number of nitrogens with two attached hydrogens (primary N) is 1. The summed E-state index contributed by atoms with van der Waals surface area (Å²) < 4.78 is 4.31. The number of benzene rings is 3. The number of rotatable bonds is 9. The second-order valence-electron chi connectivity index (χ2n) is 12.5. The number of thiophene rings is 1. The van der Waals surface area contributed by atoms with Crippen LogP contribution >= 0.6 is 11.3 Å². The molecule has 1 aliphatic heterocycles. The number of fused-ring (bicyclic) bond motifs is 1. The van der Waals surface area contributed by atoms with Crippen molar-refractivity contribution in [2.24, 2.45) is 5.73 Å². The molecule has 5 heterocycles. The van der Waals surface area contributed by atoms with Gasteiger partial charge in [-0.2, -0.15) is 5.10 Å². The number of hydrogen-bond acceptors (Lipinski definition) is 5. The Morgan fingerprint density at radius 2 is 1.50 bits per heavy atom. The summed E-state index contributed by atoms with van der Waals surface area (Å²) in [4.78, 5) is 21.2. The molecule has 1 amide bonds. The third-order valence-corrected chi connectivity index (χ3v) is 10.7. The van der Waals surface area contributed by atoms with Crippen LogP contribution in [-0.4, -0.2) is 42.6 Å². The summed E-state index contributed by atoms with van der Waals surface area (Å²) in [5.41, 5.74) is 13.4. The van der Waals surface area contributed by atoms with Gasteiger partial charge in [-0.05, 0) is 67.3 Å². The van der Waals surface area contributed by atoms with Crippen LogP contribution in [0.15, 0.2) is 134 Å². The van der Waals surface area contributed by atoms with Gasteiger partial charge < -0.3 is 5.73 Å². The van der Waals surface area contributed by atoms with Crippen molar-refractivity contribution in [1.29, 1.82) is 0 Å². The Bertz CT molecular complexity index is 2110. The molecule has 1 saturated heterocycles. The Morgan fingerprint density at radius 1 is 0.854 bits per heavy atom. The van der Waals surface area contributed by atoms with E-state index in [0.717, 1.165) is 75.7 Å².